The molecule has 0 aliphatic rings. The molecule has 0 fully saturated rings. The summed E-state index contributed by atoms with van der Waals surface area (Å²) in [5, 5.41) is 7.42. The smallest absolute Gasteiger partial charge is 1.00 e. The minimum atomic E-state index is -0.833. The van der Waals surface area contributed by atoms with Crippen LogP contribution in [0, 0.1) is 0 Å². The van der Waals surface area contributed by atoms with Crippen LogP contribution < -0.4 is 29.6 Å². The number of hydrogen-bond acceptors (Lipinski definition) is 1. The summed E-state index contributed by atoms with van der Waals surface area (Å²) in [6.45, 7) is 1.08. The molecule has 1 N–H and O–H groups in total. The van der Waals surface area contributed by atoms with Crippen LogP contribution in [0.25, 0.3) is 0 Å². The number of aliphatic carboxylic acids is 1. The Hall–Kier alpha value is 0.989. The van der Waals surface area contributed by atoms with Crippen molar-refractivity contribution in [2.75, 3.05) is 0 Å². The topological polar surface area (TPSA) is 37.3 Å². The molecule has 0 spiro atoms. The molecule has 6 heavy (non-hydrogen) atoms. The van der Waals surface area contributed by atoms with E-state index in [4.69, 9.17) is 9.90 Å². The first-order valence-corrected chi connectivity index (χ1v) is 0.928. The predicted molar refractivity (Wildman–Crippen MR) is 14.4 cm³/mol. The standard InChI is InChI=1S/C2H4O2.Cu.Na.H/c1-2(3)4;;;/h1H3,(H,3,4);;;/q;;+1;-1. The first-order valence-electron chi connectivity index (χ1n) is 0.928. The van der Waals surface area contributed by atoms with Crippen LogP contribution in [0.2, 0.25) is 0 Å². The molecular formula is C2H5CuNaO2. The van der Waals surface area contributed by atoms with Gasteiger partial charge in [0.1, 0.15) is 0 Å². The summed E-state index contributed by atoms with van der Waals surface area (Å²) in [4.78, 5) is 9.00. The zero-order valence-electron chi connectivity index (χ0n) is 4.66. The molecule has 0 aromatic heterocycles. The molecule has 0 heterocycles. The fourth-order valence-corrected chi connectivity index (χ4v) is 0. The van der Waals surface area contributed by atoms with Crippen LogP contribution in [0.4, 0.5) is 0 Å². The van der Waals surface area contributed by atoms with Gasteiger partial charge in [-0.25, -0.2) is 0 Å². The summed E-state index contributed by atoms with van der Waals surface area (Å²) in [5.74, 6) is -0.833. The largest absolute Gasteiger partial charge is 1.00 e. The van der Waals surface area contributed by atoms with E-state index >= 15 is 0 Å². The molecule has 0 aromatic rings. The summed E-state index contributed by atoms with van der Waals surface area (Å²) < 4.78 is 0. The molecule has 0 rings (SSSR count). The summed E-state index contributed by atoms with van der Waals surface area (Å²) in [6, 6.07) is 0. The molecule has 2 nitrogen and oxygen atoms in total. The third-order valence-corrected chi connectivity index (χ3v) is 0. The second-order valence-corrected chi connectivity index (χ2v) is 0.519. The average molecular weight is 148 g/mol. The zero-order chi connectivity index (χ0) is 3.58. The van der Waals surface area contributed by atoms with Gasteiger partial charge in [-0.1, -0.05) is 0 Å². The Balaban J connectivity index is -0.0000000150. The molecule has 0 saturated carbocycles. The van der Waals surface area contributed by atoms with Gasteiger partial charge in [0.2, 0.25) is 0 Å². The van der Waals surface area contributed by atoms with Crippen LogP contribution in [0.1, 0.15) is 8.35 Å². The SMILES string of the molecule is CC(=O)O.[Cu].[H-].[Na+]. The number of rotatable bonds is 0. The van der Waals surface area contributed by atoms with Gasteiger partial charge in [-0.2, -0.15) is 0 Å². The van der Waals surface area contributed by atoms with E-state index in [0.717, 1.165) is 6.92 Å². The zero-order valence-corrected chi connectivity index (χ0v) is 6.60. The third-order valence-electron chi connectivity index (χ3n) is 0. The van der Waals surface area contributed by atoms with Crippen LogP contribution in [-0.2, 0) is 21.9 Å². The molecular weight excluding hydrogens is 143 g/mol. The second-order valence-electron chi connectivity index (χ2n) is 0.519. The molecule has 0 aliphatic heterocycles. The minimum absolute atomic E-state index is 0. The normalized spacial score (nSPS) is 4.17. The number of carboxylic acids is 1. The molecule has 4 heteroatoms. The minimum Gasteiger partial charge on any atom is -1.00 e. The van der Waals surface area contributed by atoms with E-state index in [-0.39, 0.29) is 48.1 Å². The molecule has 0 amide bonds. The van der Waals surface area contributed by atoms with Gasteiger partial charge in [-0.15, -0.1) is 0 Å². The van der Waals surface area contributed by atoms with Gasteiger partial charge in [0, 0.05) is 24.0 Å². The van der Waals surface area contributed by atoms with E-state index < -0.39 is 5.97 Å². The average Bonchev–Trinajstić information content (AvgIpc) is 0.811. The molecule has 37 valence electrons. The summed E-state index contributed by atoms with van der Waals surface area (Å²) in [6.07, 6.45) is 0. The van der Waals surface area contributed by atoms with Crippen molar-refractivity contribution in [3.05, 3.63) is 0 Å². The Morgan fingerprint density at radius 3 is 1.83 bits per heavy atom. The maximum absolute atomic E-state index is 9.00. The van der Waals surface area contributed by atoms with E-state index in [1.807, 2.05) is 0 Å². The predicted octanol–water partition coefficient (Wildman–Crippen LogP) is -2.80. The van der Waals surface area contributed by atoms with Crippen LogP contribution in [0.15, 0.2) is 0 Å². The summed E-state index contributed by atoms with van der Waals surface area (Å²) in [5.41, 5.74) is 0. The Labute approximate surface area is 70.6 Å². The van der Waals surface area contributed by atoms with Crippen molar-refractivity contribution < 1.29 is 58.0 Å². The Morgan fingerprint density at radius 2 is 1.83 bits per heavy atom. The van der Waals surface area contributed by atoms with Crippen molar-refractivity contribution in [3.63, 3.8) is 0 Å². The van der Waals surface area contributed by atoms with E-state index in [1.165, 1.54) is 0 Å². The quantitative estimate of drug-likeness (QED) is 0.376. The molecule has 0 unspecified atom stereocenters. The van der Waals surface area contributed by atoms with E-state index in [1.54, 1.807) is 0 Å². The monoisotopic (exact) mass is 147 g/mol. The number of carboxylic acid groups (broad SMARTS) is 1. The van der Waals surface area contributed by atoms with Gasteiger partial charge in [-0.05, 0) is 0 Å². The fraction of sp³-hybridized carbons (Fsp3) is 0.500. The summed E-state index contributed by atoms with van der Waals surface area (Å²) in [7, 11) is 0. The van der Waals surface area contributed by atoms with Gasteiger partial charge < -0.3 is 6.53 Å². The van der Waals surface area contributed by atoms with Crippen molar-refractivity contribution in [3.8, 4) is 0 Å². The fourth-order valence-electron chi connectivity index (χ4n) is 0. The third kappa shape index (κ3) is 81.1. The van der Waals surface area contributed by atoms with Crippen molar-refractivity contribution in [1.29, 1.82) is 0 Å². The molecule has 1 radical (unpaired) electrons. The van der Waals surface area contributed by atoms with Gasteiger partial charge >= 0.3 is 29.6 Å². The maximum Gasteiger partial charge on any atom is 1.00 e. The molecule has 0 saturated heterocycles. The van der Waals surface area contributed by atoms with E-state index in [2.05, 4.69) is 0 Å². The second kappa shape index (κ2) is 9.37. The van der Waals surface area contributed by atoms with Crippen LogP contribution in [-0.4, -0.2) is 11.1 Å². The van der Waals surface area contributed by atoms with Crippen LogP contribution >= 0.6 is 0 Å². The van der Waals surface area contributed by atoms with Crippen molar-refractivity contribution in [2.45, 2.75) is 6.92 Å². The first-order chi connectivity index (χ1) is 1.73. The Bertz CT molecular complexity index is 38.7. The van der Waals surface area contributed by atoms with Crippen LogP contribution in [0.5, 0.6) is 0 Å². The Morgan fingerprint density at radius 1 is 1.83 bits per heavy atom. The maximum atomic E-state index is 9.00. The Kier molecular flexibility index (Phi) is 24.6. The van der Waals surface area contributed by atoms with Gasteiger partial charge in [0.25, 0.3) is 5.97 Å². The van der Waals surface area contributed by atoms with Gasteiger partial charge in [0.05, 0.1) is 0 Å². The molecule has 0 bridgehead atoms. The van der Waals surface area contributed by atoms with E-state index in [0.29, 0.717) is 0 Å². The van der Waals surface area contributed by atoms with Gasteiger partial charge in [-0.3, -0.25) is 4.79 Å². The van der Waals surface area contributed by atoms with Crippen molar-refractivity contribution in [1.82, 2.24) is 0 Å². The van der Waals surface area contributed by atoms with Crippen LogP contribution in [0.3, 0.4) is 0 Å². The van der Waals surface area contributed by atoms with Gasteiger partial charge in [0.15, 0.2) is 0 Å². The molecule has 0 aromatic carbocycles. The molecule has 0 aliphatic carbocycles. The number of hydrogen-bond donors (Lipinski definition) is 1. The first kappa shape index (κ1) is 15.8. The van der Waals surface area contributed by atoms with Crippen molar-refractivity contribution >= 4 is 5.97 Å². The van der Waals surface area contributed by atoms with E-state index in [9.17, 15) is 0 Å². The molecule has 0 atom stereocenters. The number of carbonyl (C=O) groups is 1. The summed E-state index contributed by atoms with van der Waals surface area (Å²) >= 11 is 0. The van der Waals surface area contributed by atoms with Crippen molar-refractivity contribution in [2.24, 2.45) is 0 Å².